The minimum atomic E-state index is -0.715. The van der Waals surface area contributed by atoms with E-state index in [1.54, 1.807) is 36.4 Å². The Bertz CT molecular complexity index is 819. The summed E-state index contributed by atoms with van der Waals surface area (Å²) in [6.07, 6.45) is 0. The monoisotopic (exact) mass is 323 g/mol. The van der Waals surface area contributed by atoms with Gasteiger partial charge in [0.05, 0.1) is 17.9 Å². The van der Waals surface area contributed by atoms with Gasteiger partial charge in [0.15, 0.2) is 5.76 Å². The highest BCUT2D eigenvalue weighted by Gasteiger charge is 2.40. The van der Waals surface area contributed by atoms with Gasteiger partial charge < -0.3 is 9.84 Å². The molecule has 5 nitrogen and oxygen atoms in total. The van der Waals surface area contributed by atoms with Crippen LogP contribution in [0.2, 0.25) is 0 Å². The first-order valence-electron chi connectivity index (χ1n) is 7.65. The fourth-order valence-corrected chi connectivity index (χ4v) is 2.59. The summed E-state index contributed by atoms with van der Waals surface area (Å²) in [5, 5.41) is 10.2. The predicted octanol–water partition coefficient (Wildman–Crippen LogP) is 3.24. The molecule has 0 saturated heterocycles. The molecule has 1 aliphatic heterocycles. The largest absolute Gasteiger partial charge is 0.502 e. The summed E-state index contributed by atoms with van der Waals surface area (Å²) >= 11 is 0. The van der Waals surface area contributed by atoms with Crippen molar-refractivity contribution in [2.24, 2.45) is 0 Å². The van der Waals surface area contributed by atoms with Crippen molar-refractivity contribution >= 4 is 23.1 Å². The van der Waals surface area contributed by atoms with E-state index in [0.717, 1.165) is 10.5 Å². The van der Waals surface area contributed by atoms with E-state index in [2.05, 4.69) is 0 Å². The molecule has 1 N–H and O–H groups in total. The maximum absolute atomic E-state index is 12.7. The fourth-order valence-electron chi connectivity index (χ4n) is 2.59. The van der Waals surface area contributed by atoms with E-state index in [9.17, 15) is 14.7 Å². The van der Waals surface area contributed by atoms with Gasteiger partial charge in [-0.25, -0.2) is 4.90 Å². The van der Waals surface area contributed by atoms with Crippen LogP contribution < -0.4 is 9.64 Å². The SMILES string of the molecule is CCOc1ccc(C2=C(O)C(=O)N(c3ccc(C)cc3)C2=O)cc1. The molecule has 5 heteroatoms. The summed E-state index contributed by atoms with van der Waals surface area (Å²) in [6.45, 7) is 4.32. The molecule has 0 atom stereocenters. The third kappa shape index (κ3) is 2.65. The second-order valence-corrected chi connectivity index (χ2v) is 5.46. The van der Waals surface area contributed by atoms with Gasteiger partial charge in [-0.3, -0.25) is 9.59 Å². The molecule has 0 saturated carbocycles. The van der Waals surface area contributed by atoms with Crippen LogP contribution in [0.5, 0.6) is 5.75 Å². The highest BCUT2D eigenvalue weighted by molar-refractivity contribution is 6.44. The van der Waals surface area contributed by atoms with Crippen molar-refractivity contribution < 1.29 is 19.4 Å². The van der Waals surface area contributed by atoms with Gasteiger partial charge >= 0.3 is 5.91 Å². The standard InChI is InChI=1S/C19H17NO4/c1-3-24-15-10-6-13(7-11-15)16-17(21)19(23)20(18(16)22)14-8-4-12(2)5-9-14/h4-11,21H,3H2,1-2H3. The smallest absolute Gasteiger partial charge is 0.301 e. The molecule has 2 amide bonds. The molecule has 0 aliphatic carbocycles. The number of imide groups is 1. The second kappa shape index (κ2) is 6.20. The first-order chi connectivity index (χ1) is 11.5. The van der Waals surface area contributed by atoms with Crippen LogP contribution in [0.25, 0.3) is 5.57 Å². The first-order valence-corrected chi connectivity index (χ1v) is 7.65. The lowest BCUT2D eigenvalue weighted by atomic mass is 10.1. The van der Waals surface area contributed by atoms with E-state index in [1.807, 2.05) is 26.0 Å². The molecular weight excluding hydrogens is 306 g/mol. The van der Waals surface area contributed by atoms with Crippen LogP contribution in [0, 0.1) is 6.92 Å². The fraction of sp³-hybridized carbons (Fsp3) is 0.158. The van der Waals surface area contributed by atoms with E-state index >= 15 is 0 Å². The van der Waals surface area contributed by atoms with E-state index in [-0.39, 0.29) is 5.57 Å². The van der Waals surface area contributed by atoms with Crippen LogP contribution >= 0.6 is 0 Å². The number of ether oxygens (including phenoxy) is 1. The van der Waals surface area contributed by atoms with Crippen LogP contribution in [0.15, 0.2) is 54.3 Å². The summed E-state index contributed by atoms with van der Waals surface area (Å²) in [7, 11) is 0. The Morgan fingerprint density at radius 3 is 2.17 bits per heavy atom. The van der Waals surface area contributed by atoms with Gasteiger partial charge in [-0.15, -0.1) is 0 Å². The number of hydrogen-bond acceptors (Lipinski definition) is 4. The van der Waals surface area contributed by atoms with Crippen LogP contribution in [-0.4, -0.2) is 23.5 Å². The maximum Gasteiger partial charge on any atom is 0.301 e. The maximum atomic E-state index is 12.7. The molecule has 122 valence electrons. The number of nitrogens with zero attached hydrogens (tertiary/aromatic N) is 1. The Hall–Kier alpha value is -3.08. The number of aliphatic hydroxyl groups is 1. The summed E-state index contributed by atoms with van der Waals surface area (Å²) < 4.78 is 5.36. The Labute approximate surface area is 139 Å². The molecule has 0 spiro atoms. The lowest BCUT2D eigenvalue weighted by Crippen LogP contribution is -2.31. The molecule has 0 fully saturated rings. The first kappa shape index (κ1) is 15.8. The van der Waals surface area contributed by atoms with Gasteiger partial charge in [-0.2, -0.15) is 0 Å². The zero-order valence-corrected chi connectivity index (χ0v) is 13.4. The van der Waals surface area contributed by atoms with E-state index < -0.39 is 17.6 Å². The lowest BCUT2D eigenvalue weighted by molar-refractivity contribution is -0.121. The minimum Gasteiger partial charge on any atom is -0.502 e. The van der Waals surface area contributed by atoms with Crippen molar-refractivity contribution in [3.8, 4) is 5.75 Å². The zero-order chi connectivity index (χ0) is 17.3. The summed E-state index contributed by atoms with van der Waals surface area (Å²) in [5.41, 5.74) is 1.93. The topological polar surface area (TPSA) is 66.8 Å². The molecule has 0 unspecified atom stereocenters. The number of carbonyl (C=O) groups is 2. The summed E-state index contributed by atoms with van der Waals surface area (Å²) in [6, 6.07) is 13.7. The normalized spacial score (nSPS) is 14.5. The van der Waals surface area contributed by atoms with Crippen molar-refractivity contribution in [1.29, 1.82) is 0 Å². The third-order valence-electron chi connectivity index (χ3n) is 3.81. The van der Waals surface area contributed by atoms with Gasteiger partial charge in [0, 0.05) is 0 Å². The highest BCUT2D eigenvalue weighted by Crippen LogP contribution is 2.32. The van der Waals surface area contributed by atoms with Gasteiger partial charge in [0.1, 0.15) is 5.75 Å². The molecule has 0 aromatic heterocycles. The van der Waals surface area contributed by atoms with Crippen LogP contribution in [-0.2, 0) is 9.59 Å². The van der Waals surface area contributed by atoms with E-state index in [4.69, 9.17) is 4.74 Å². The molecule has 3 rings (SSSR count). The Kier molecular flexibility index (Phi) is 4.08. The van der Waals surface area contributed by atoms with Crippen LogP contribution in [0.1, 0.15) is 18.1 Å². The summed E-state index contributed by atoms with van der Waals surface area (Å²) in [5.74, 6) is -1.13. The number of hydrogen-bond donors (Lipinski definition) is 1. The van der Waals surface area contributed by atoms with Gasteiger partial charge in [-0.05, 0) is 43.7 Å². The quantitative estimate of drug-likeness (QED) is 0.877. The highest BCUT2D eigenvalue weighted by atomic mass is 16.5. The second-order valence-electron chi connectivity index (χ2n) is 5.46. The van der Waals surface area contributed by atoms with Gasteiger partial charge in [-0.1, -0.05) is 29.8 Å². The van der Waals surface area contributed by atoms with Crippen LogP contribution in [0.4, 0.5) is 5.69 Å². The van der Waals surface area contributed by atoms with Gasteiger partial charge in [0.2, 0.25) is 0 Å². The number of rotatable bonds is 4. The van der Waals surface area contributed by atoms with E-state index in [0.29, 0.717) is 23.6 Å². The van der Waals surface area contributed by atoms with Gasteiger partial charge in [0.25, 0.3) is 5.91 Å². The van der Waals surface area contributed by atoms with Crippen molar-refractivity contribution in [2.75, 3.05) is 11.5 Å². The lowest BCUT2D eigenvalue weighted by Gasteiger charge is -2.14. The third-order valence-corrected chi connectivity index (χ3v) is 3.81. The molecule has 2 aromatic carbocycles. The zero-order valence-electron chi connectivity index (χ0n) is 13.4. The Balaban J connectivity index is 1.95. The minimum absolute atomic E-state index is 0.00336. The number of anilines is 1. The molecular formula is C19H17NO4. The Morgan fingerprint density at radius 1 is 0.958 bits per heavy atom. The van der Waals surface area contributed by atoms with Crippen LogP contribution in [0.3, 0.4) is 0 Å². The van der Waals surface area contributed by atoms with Crippen molar-refractivity contribution in [3.63, 3.8) is 0 Å². The number of aliphatic hydroxyl groups excluding tert-OH is 1. The molecule has 0 bridgehead atoms. The molecule has 0 radical (unpaired) electrons. The van der Waals surface area contributed by atoms with Crippen molar-refractivity contribution in [1.82, 2.24) is 0 Å². The molecule has 24 heavy (non-hydrogen) atoms. The predicted molar refractivity (Wildman–Crippen MR) is 90.8 cm³/mol. The summed E-state index contributed by atoms with van der Waals surface area (Å²) in [4.78, 5) is 26.0. The number of aryl methyl sites for hydroxylation is 1. The number of benzene rings is 2. The number of carbonyl (C=O) groups excluding carboxylic acids is 2. The average Bonchev–Trinajstić information content (AvgIpc) is 2.80. The molecule has 1 aliphatic rings. The Morgan fingerprint density at radius 2 is 1.58 bits per heavy atom. The van der Waals surface area contributed by atoms with Crippen molar-refractivity contribution in [3.05, 3.63) is 65.4 Å². The molecule has 1 heterocycles. The number of amides is 2. The average molecular weight is 323 g/mol. The molecule has 2 aromatic rings. The van der Waals surface area contributed by atoms with Crippen molar-refractivity contribution in [2.45, 2.75) is 13.8 Å². The van der Waals surface area contributed by atoms with E-state index in [1.165, 1.54) is 0 Å².